The van der Waals surface area contributed by atoms with E-state index in [1.54, 1.807) is 30.3 Å². The second kappa shape index (κ2) is 13.6. The van der Waals surface area contributed by atoms with Crippen LogP contribution in [-0.4, -0.2) is 63.2 Å². The fraction of sp³-hybridized carbons (Fsp3) is 0.500. The summed E-state index contributed by atoms with van der Waals surface area (Å²) in [6, 6.07) is 9.95. The number of halogens is 1. The summed E-state index contributed by atoms with van der Waals surface area (Å²) in [5.41, 5.74) is 1.10. The number of rotatable bonds is 13. The predicted octanol–water partition coefficient (Wildman–Crippen LogP) is 3.87. The molecule has 39 heavy (non-hydrogen) atoms. The molecule has 9 nitrogen and oxygen atoms in total. The number of hydrogen-bond donors (Lipinski definition) is 1. The Hall–Kier alpha value is -3.34. The monoisotopic (exact) mass is 563 g/mol. The molecule has 1 heterocycles. The number of hydrogen-bond acceptors (Lipinski definition) is 6. The maximum Gasteiger partial charge on any atom is 0.243 e. The maximum absolute atomic E-state index is 13.5. The number of benzene rings is 2. The van der Waals surface area contributed by atoms with Gasteiger partial charge in [0.2, 0.25) is 21.8 Å². The van der Waals surface area contributed by atoms with Gasteiger partial charge in [0.05, 0.1) is 11.9 Å². The Morgan fingerprint density at radius 2 is 1.69 bits per heavy atom. The lowest BCUT2D eigenvalue weighted by atomic mass is 10.1. The smallest absolute Gasteiger partial charge is 0.243 e. The van der Waals surface area contributed by atoms with E-state index in [1.165, 1.54) is 21.3 Å². The van der Waals surface area contributed by atoms with Crippen molar-refractivity contribution in [3.8, 4) is 11.5 Å². The van der Waals surface area contributed by atoms with E-state index in [9.17, 15) is 22.4 Å². The summed E-state index contributed by atoms with van der Waals surface area (Å²) in [4.78, 5) is 28.1. The standard InChI is InChI=1S/C28H38FN3O6S/c1-5-20(3)30-28(34)24(6-2)31(19-21-9-11-22(29)12-10-21)27(33)8-7-15-32(39(4,35)36)23-13-14-25-26(18-23)38-17-16-37-25/h9-14,18,20,24H,5-8,15-17,19H2,1-4H3,(H,30,34)/t20-,24+/m0/s1. The van der Waals surface area contributed by atoms with E-state index in [0.29, 0.717) is 42.4 Å². The highest BCUT2D eigenvalue weighted by atomic mass is 32.2. The highest BCUT2D eigenvalue weighted by molar-refractivity contribution is 7.92. The van der Waals surface area contributed by atoms with Crippen molar-refractivity contribution in [1.29, 1.82) is 0 Å². The van der Waals surface area contributed by atoms with E-state index >= 15 is 0 Å². The van der Waals surface area contributed by atoms with Crippen LogP contribution >= 0.6 is 0 Å². The molecular weight excluding hydrogens is 525 g/mol. The largest absolute Gasteiger partial charge is 0.486 e. The number of nitrogens with zero attached hydrogens (tertiary/aromatic N) is 2. The van der Waals surface area contributed by atoms with Gasteiger partial charge in [-0.2, -0.15) is 0 Å². The molecule has 2 aromatic carbocycles. The van der Waals surface area contributed by atoms with Gasteiger partial charge in [-0.1, -0.05) is 26.0 Å². The van der Waals surface area contributed by atoms with E-state index in [2.05, 4.69) is 5.32 Å². The van der Waals surface area contributed by atoms with Crippen LogP contribution in [-0.2, 0) is 26.2 Å². The van der Waals surface area contributed by atoms with Gasteiger partial charge in [-0.3, -0.25) is 13.9 Å². The zero-order valence-corrected chi connectivity index (χ0v) is 23.8. The van der Waals surface area contributed by atoms with Crippen molar-refractivity contribution in [1.82, 2.24) is 10.2 Å². The van der Waals surface area contributed by atoms with Gasteiger partial charge in [-0.25, -0.2) is 12.8 Å². The topological polar surface area (TPSA) is 105 Å². The summed E-state index contributed by atoms with van der Waals surface area (Å²) >= 11 is 0. The molecule has 0 radical (unpaired) electrons. The van der Waals surface area contributed by atoms with Crippen LogP contribution in [0, 0.1) is 5.82 Å². The van der Waals surface area contributed by atoms with Crippen LogP contribution in [0.1, 0.15) is 52.0 Å². The summed E-state index contributed by atoms with van der Waals surface area (Å²) in [6.45, 7) is 6.67. The maximum atomic E-state index is 13.5. The summed E-state index contributed by atoms with van der Waals surface area (Å²) in [6.07, 6.45) is 2.49. The van der Waals surface area contributed by atoms with Crippen molar-refractivity contribution < 1.29 is 31.9 Å². The number of ether oxygens (including phenoxy) is 2. The minimum absolute atomic E-state index is 0.0187. The first kappa shape index (κ1) is 30.2. The van der Waals surface area contributed by atoms with Crippen LogP contribution < -0.4 is 19.1 Å². The lowest BCUT2D eigenvalue weighted by molar-refractivity contribution is -0.141. The minimum atomic E-state index is -3.65. The van der Waals surface area contributed by atoms with Crippen molar-refractivity contribution in [2.75, 3.05) is 30.3 Å². The van der Waals surface area contributed by atoms with Crippen LogP contribution in [0.2, 0.25) is 0 Å². The van der Waals surface area contributed by atoms with Gasteiger partial charge in [-0.05, 0) is 56.0 Å². The number of nitrogens with one attached hydrogen (secondary N) is 1. The second-order valence-corrected chi connectivity index (χ2v) is 11.6. The number of amides is 2. The van der Waals surface area contributed by atoms with Gasteiger partial charge in [0, 0.05) is 31.6 Å². The number of fused-ring (bicyclic) bond motifs is 1. The fourth-order valence-corrected chi connectivity index (χ4v) is 5.30. The first-order valence-electron chi connectivity index (χ1n) is 13.2. The Morgan fingerprint density at radius 3 is 2.31 bits per heavy atom. The van der Waals surface area contributed by atoms with Crippen molar-refractivity contribution in [3.05, 3.63) is 53.8 Å². The molecule has 2 atom stereocenters. The van der Waals surface area contributed by atoms with Gasteiger partial charge >= 0.3 is 0 Å². The van der Waals surface area contributed by atoms with E-state index in [-0.39, 0.29) is 43.8 Å². The molecule has 1 N–H and O–H groups in total. The summed E-state index contributed by atoms with van der Waals surface area (Å²) in [7, 11) is -3.65. The third-order valence-corrected chi connectivity index (χ3v) is 7.81. The van der Waals surface area contributed by atoms with Crippen LogP contribution in [0.3, 0.4) is 0 Å². The van der Waals surface area contributed by atoms with Crippen LogP contribution in [0.5, 0.6) is 11.5 Å². The fourth-order valence-electron chi connectivity index (χ4n) is 4.34. The lowest BCUT2D eigenvalue weighted by Gasteiger charge is -2.32. The molecular formula is C28H38FN3O6S. The van der Waals surface area contributed by atoms with Gasteiger partial charge in [0.15, 0.2) is 11.5 Å². The average Bonchev–Trinajstić information content (AvgIpc) is 2.90. The van der Waals surface area contributed by atoms with E-state index < -0.39 is 21.9 Å². The molecule has 1 aliphatic heterocycles. The molecule has 0 aliphatic carbocycles. The number of sulfonamides is 1. The number of carbonyl (C=O) groups is 2. The molecule has 3 rings (SSSR count). The Bertz CT molecular complexity index is 1240. The molecule has 2 aromatic rings. The Labute approximate surface area is 230 Å². The normalized spacial score (nSPS) is 14.3. The number of anilines is 1. The first-order valence-corrected chi connectivity index (χ1v) is 15.1. The Morgan fingerprint density at radius 1 is 1.03 bits per heavy atom. The molecule has 0 saturated carbocycles. The van der Waals surface area contributed by atoms with Crippen molar-refractivity contribution in [2.45, 2.75) is 65.1 Å². The zero-order valence-electron chi connectivity index (χ0n) is 23.0. The van der Waals surface area contributed by atoms with E-state index in [0.717, 1.165) is 12.7 Å². The molecule has 1 aliphatic rings. The lowest BCUT2D eigenvalue weighted by Crippen LogP contribution is -2.50. The Balaban J connectivity index is 1.77. The van der Waals surface area contributed by atoms with Crippen molar-refractivity contribution in [2.24, 2.45) is 0 Å². The van der Waals surface area contributed by atoms with Gasteiger partial charge in [0.25, 0.3) is 0 Å². The van der Waals surface area contributed by atoms with Gasteiger partial charge in [0.1, 0.15) is 25.1 Å². The molecule has 11 heteroatoms. The van der Waals surface area contributed by atoms with E-state index in [4.69, 9.17) is 9.47 Å². The molecule has 0 bridgehead atoms. The quantitative estimate of drug-likeness (QED) is 0.397. The third-order valence-electron chi connectivity index (χ3n) is 6.62. The second-order valence-electron chi connectivity index (χ2n) is 9.66. The van der Waals surface area contributed by atoms with Gasteiger partial charge < -0.3 is 19.7 Å². The Kier molecular flexibility index (Phi) is 10.6. The van der Waals surface area contributed by atoms with Crippen LogP contribution in [0.4, 0.5) is 10.1 Å². The van der Waals surface area contributed by atoms with Crippen LogP contribution in [0.25, 0.3) is 0 Å². The van der Waals surface area contributed by atoms with Crippen LogP contribution in [0.15, 0.2) is 42.5 Å². The minimum Gasteiger partial charge on any atom is -0.486 e. The molecule has 0 aromatic heterocycles. The average molecular weight is 564 g/mol. The van der Waals surface area contributed by atoms with Crippen molar-refractivity contribution >= 4 is 27.5 Å². The summed E-state index contributed by atoms with van der Waals surface area (Å²) in [5, 5.41) is 2.95. The zero-order chi connectivity index (χ0) is 28.6. The highest BCUT2D eigenvalue weighted by Gasteiger charge is 2.29. The third kappa shape index (κ3) is 8.32. The van der Waals surface area contributed by atoms with E-state index in [1.807, 2.05) is 20.8 Å². The molecule has 0 spiro atoms. The number of carbonyl (C=O) groups excluding carboxylic acids is 2. The van der Waals surface area contributed by atoms with Crippen molar-refractivity contribution in [3.63, 3.8) is 0 Å². The molecule has 2 amide bonds. The highest BCUT2D eigenvalue weighted by Crippen LogP contribution is 2.34. The SMILES string of the molecule is CC[C@H](C(=O)N[C@@H](C)CC)N(Cc1ccc(F)cc1)C(=O)CCCN(c1ccc2c(c1)OCCO2)S(C)(=O)=O. The molecule has 0 fully saturated rings. The first-order chi connectivity index (χ1) is 18.5. The summed E-state index contributed by atoms with van der Waals surface area (Å²) in [5.74, 6) is 0.0778. The molecule has 214 valence electrons. The molecule has 0 unspecified atom stereocenters. The predicted molar refractivity (Wildman–Crippen MR) is 148 cm³/mol. The van der Waals surface area contributed by atoms with Gasteiger partial charge in [-0.15, -0.1) is 0 Å². The summed E-state index contributed by atoms with van der Waals surface area (Å²) < 4.78 is 51.1. The molecule has 0 saturated heterocycles.